The fourth-order valence-electron chi connectivity index (χ4n) is 3.60. The first-order chi connectivity index (χ1) is 13.8. The van der Waals surface area contributed by atoms with E-state index in [-0.39, 0.29) is 22.1 Å². The van der Waals surface area contributed by atoms with Crippen LogP contribution in [0.25, 0.3) is 0 Å². The monoisotopic (exact) mass is 440 g/mol. The quantitative estimate of drug-likeness (QED) is 0.435. The highest BCUT2D eigenvalue weighted by Crippen LogP contribution is 2.39. The molecule has 0 bridgehead atoms. The summed E-state index contributed by atoms with van der Waals surface area (Å²) in [4.78, 5) is 27.2. The lowest BCUT2D eigenvalue weighted by Crippen LogP contribution is -2.35. The van der Waals surface area contributed by atoms with E-state index >= 15 is 0 Å². The molecule has 2 aliphatic rings. The number of carbonyl (C=O) groups is 2. The Bertz CT molecular complexity index is 902. The number of sulfonamides is 1. The highest BCUT2D eigenvalue weighted by atomic mass is 32.2. The molecule has 0 N–H and O–H groups in total. The Morgan fingerprint density at radius 3 is 2.69 bits per heavy atom. The number of rotatable bonds is 9. The smallest absolute Gasteiger partial charge is 0.340 e. The second-order valence-corrected chi connectivity index (χ2v) is 10.8. The van der Waals surface area contributed by atoms with Gasteiger partial charge in [-0.3, -0.25) is 4.79 Å². The summed E-state index contributed by atoms with van der Waals surface area (Å²) in [6, 6.07) is 0. The van der Waals surface area contributed by atoms with Crippen LogP contribution >= 0.6 is 11.3 Å². The maximum atomic E-state index is 13.5. The van der Waals surface area contributed by atoms with Crippen molar-refractivity contribution in [2.45, 2.75) is 49.8 Å². The van der Waals surface area contributed by atoms with Crippen LogP contribution < -0.4 is 0 Å². The summed E-state index contributed by atoms with van der Waals surface area (Å²) < 4.78 is 33.5. The van der Waals surface area contributed by atoms with Gasteiger partial charge >= 0.3 is 5.97 Å². The molecular formula is C20H28N2O5S2. The summed E-state index contributed by atoms with van der Waals surface area (Å²) >= 11 is 1.10. The summed E-state index contributed by atoms with van der Waals surface area (Å²) in [6.45, 7) is 7.21. The van der Waals surface area contributed by atoms with Crippen LogP contribution in [0.4, 0.5) is 0 Å². The van der Waals surface area contributed by atoms with Crippen LogP contribution in [0.3, 0.4) is 0 Å². The summed E-state index contributed by atoms with van der Waals surface area (Å²) in [5, 5.41) is 0. The van der Waals surface area contributed by atoms with Crippen molar-refractivity contribution < 1.29 is 22.7 Å². The minimum Gasteiger partial charge on any atom is -0.465 e. The SMILES string of the molecule is C=CCC(=O)N1CCc2c(sc(S(=O)(=O)N(CCC)CC3CC3)c2C(=O)OC)C1. The highest BCUT2D eigenvalue weighted by molar-refractivity contribution is 7.91. The minimum atomic E-state index is -3.81. The first-order valence-electron chi connectivity index (χ1n) is 9.95. The number of esters is 1. The molecule has 3 rings (SSSR count). The van der Waals surface area contributed by atoms with E-state index in [0.29, 0.717) is 50.5 Å². The molecule has 1 saturated carbocycles. The molecule has 29 heavy (non-hydrogen) atoms. The van der Waals surface area contributed by atoms with Crippen LogP contribution in [0.5, 0.6) is 0 Å². The highest BCUT2D eigenvalue weighted by Gasteiger charge is 2.39. The zero-order chi connectivity index (χ0) is 21.2. The molecule has 0 atom stereocenters. The second-order valence-electron chi connectivity index (χ2n) is 7.52. The van der Waals surface area contributed by atoms with Gasteiger partial charge in [0.15, 0.2) is 0 Å². The van der Waals surface area contributed by atoms with Crippen LogP contribution in [0, 0.1) is 5.92 Å². The number of fused-ring (bicyclic) bond motifs is 1. The number of nitrogens with zero attached hydrogens (tertiary/aromatic N) is 2. The molecule has 1 aromatic heterocycles. The summed E-state index contributed by atoms with van der Waals surface area (Å²) in [5.74, 6) is -0.279. The van der Waals surface area contributed by atoms with Gasteiger partial charge in [0, 0.05) is 30.9 Å². The molecule has 0 spiro atoms. The van der Waals surface area contributed by atoms with Crippen molar-refractivity contribution in [3.8, 4) is 0 Å². The molecule has 160 valence electrons. The number of hydrogen-bond donors (Lipinski definition) is 0. The maximum Gasteiger partial charge on any atom is 0.340 e. The average molecular weight is 441 g/mol. The number of hydrogen-bond acceptors (Lipinski definition) is 6. The molecule has 9 heteroatoms. The third-order valence-corrected chi connectivity index (χ3v) is 8.87. The van der Waals surface area contributed by atoms with Gasteiger partial charge in [0.2, 0.25) is 5.91 Å². The van der Waals surface area contributed by atoms with Gasteiger partial charge in [0.1, 0.15) is 4.21 Å². The number of methoxy groups -OCH3 is 1. The summed E-state index contributed by atoms with van der Waals surface area (Å²) in [6.07, 6.45) is 5.02. The fraction of sp³-hybridized carbons (Fsp3) is 0.600. The van der Waals surface area contributed by atoms with Gasteiger partial charge in [-0.25, -0.2) is 13.2 Å². The van der Waals surface area contributed by atoms with E-state index in [2.05, 4.69) is 6.58 Å². The van der Waals surface area contributed by atoms with Crippen molar-refractivity contribution in [2.75, 3.05) is 26.7 Å². The van der Waals surface area contributed by atoms with Gasteiger partial charge in [-0.2, -0.15) is 4.31 Å². The molecule has 7 nitrogen and oxygen atoms in total. The van der Waals surface area contributed by atoms with E-state index in [1.807, 2.05) is 6.92 Å². The Balaban J connectivity index is 2.01. The summed E-state index contributed by atoms with van der Waals surface area (Å²) in [7, 11) is -2.55. The van der Waals surface area contributed by atoms with Gasteiger partial charge in [0.05, 0.1) is 19.2 Å². The molecule has 0 saturated heterocycles. The van der Waals surface area contributed by atoms with Crippen molar-refractivity contribution in [1.29, 1.82) is 0 Å². The van der Waals surface area contributed by atoms with Crippen LogP contribution in [0.15, 0.2) is 16.9 Å². The molecular weight excluding hydrogens is 412 g/mol. The van der Waals surface area contributed by atoms with E-state index < -0.39 is 16.0 Å². The topological polar surface area (TPSA) is 84.0 Å². The van der Waals surface area contributed by atoms with Gasteiger partial charge in [0.25, 0.3) is 10.0 Å². The molecule has 1 aromatic rings. The second kappa shape index (κ2) is 8.97. The fourth-order valence-corrected chi connectivity index (χ4v) is 7.25. The van der Waals surface area contributed by atoms with Crippen LogP contribution in [-0.2, 0) is 32.5 Å². The number of thiophene rings is 1. The molecule has 0 unspecified atom stereocenters. The number of amides is 1. The van der Waals surface area contributed by atoms with E-state index in [0.717, 1.165) is 29.1 Å². The standard InChI is InChI=1S/C20H28N2O5S2/c1-4-6-17(23)21-11-9-15-16(13-21)28-20(18(15)19(24)27-3)29(25,26)22(10-5-2)12-14-7-8-14/h4,14H,1,5-13H2,2-3H3. The molecule has 2 heterocycles. The Hall–Kier alpha value is -1.71. The van der Waals surface area contributed by atoms with Crippen molar-refractivity contribution in [3.05, 3.63) is 28.7 Å². The molecule has 1 fully saturated rings. The van der Waals surface area contributed by atoms with Crippen molar-refractivity contribution in [2.24, 2.45) is 5.92 Å². The first kappa shape index (κ1) is 22.0. The molecule has 1 aliphatic carbocycles. The lowest BCUT2D eigenvalue weighted by Gasteiger charge is -2.26. The van der Waals surface area contributed by atoms with E-state index in [1.54, 1.807) is 11.0 Å². The van der Waals surface area contributed by atoms with E-state index in [4.69, 9.17) is 4.74 Å². The van der Waals surface area contributed by atoms with Crippen LogP contribution in [-0.4, -0.2) is 56.2 Å². The summed E-state index contributed by atoms with van der Waals surface area (Å²) in [5.41, 5.74) is 0.853. The Morgan fingerprint density at radius 1 is 1.38 bits per heavy atom. The molecule has 1 aliphatic heterocycles. The Kier molecular flexibility index (Phi) is 6.80. The lowest BCUT2D eigenvalue weighted by molar-refractivity contribution is -0.131. The number of ether oxygens (including phenoxy) is 1. The van der Waals surface area contributed by atoms with Gasteiger partial charge < -0.3 is 9.64 Å². The zero-order valence-electron chi connectivity index (χ0n) is 17.0. The largest absolute Gasteiger partial charge is 0.465 e. The normalized spacial score (nSPS) is 16.6. The van der Waals surface area contributed by atoms with Crippen molar-refractivity contribution in [1.82, 2.24) is 9.21 Å². The maximum absolute atomic E-state index is 13.5. The van der Waals surface area contributed by atoms with Crippen LogP contribution in [0.1, 0.15) is 53.4 Å². The Labute approximate surface area is 176 Å². The van der Waals surface area contributed by atoms with Crippen LogP contribution in [0.2, 0.25) is 0 Å². The number of carbonyl (C=O) groups excluding carboxylic acids is 2. The van der Waals surface area contributed by atoms with Gasteiger partial charge in [-0.05, 0) is 37.2 Å². The van der Waals surface area contributed by atoms with E-state index in [1.165, 1.54) is 11.4 Å². The molecule has 0 aromatic carbocycles. The first-order valence-corrected chi connectivity index (χ1v) is 12.2. The van der Waals surface area contributed by atoms with Crippen molar-refractivity contribution in [3.63, 3.8) is 0 Å². The van der Waals surface area contributed by atoms with E-state index in [9.17, 15) is 18.0 Å². The van der Waals surface area contributed by atoms with Gasteiger partial charge in [-0.1, -0.05) is 13.0 Å². The Morgan fingerprint density at radius 2 is 2.10 bits per heavy atom. The lowest BCUT2D eigenvalue weighted by atomic mass is 10.0. The molecule has 0 radical (unpaired) electrons. The van der Waals surface area contributed by atoms with Crippen molar-refractivity contribution >= 4 is 33.2 Å². The predicted octanol–water partition coefficient (Wildman–Crippen LogP) is 2.81. The van der Waals surface area contributed by atoms with Gasteiger partial charge in [-0.15, -0.1) is 17.9 Å². The average Bonchev–Trinajstić information content (AvgIpc) is 3.43. The molecule has 1 amide bonds. The minimum absolute atomic E-state index is 0.0515. The zero-order valence-corrected chi connectivity index (χ0v) is 18.6. The third kappa shape index (κ3) is 4.57. The predicted molar refractivity (Wildman–Crippen MR) is 111 cm³/mol. The third-order valence-electron chi connectivity index (χ3n) is 5.29.